The van der Waals surface area contributed by atoms with Gasteiger partial charge in [-0.15, -0.1) is 0 Å². The van der Waals surface area contributed by atoms with E-state index < -0.39 is 9.90 Å². The second-order valence-electron chi connectivity index (χ2n) is 3.01. The van der Waals surface area contributed by atoms with Crippen LogP contribution in [0.25, 0.3) is 0 Å². The van der Waals surface area contributed by atoms with Crippen LogP contribution in [0.5, 0.6) is 0 Å². The summed E-state index contributed by atoms with van der Waals surface area (Å²) >= 11 is 22.5. The zero-order valence-corrected chi connectivity index (χ0v) is 10.3. The van der Waals surface area contributed by atoms with E-state index in [0.717, 1.165) is 5.56 Å². The van der Waals surface area contributed by atoms with Gasteiger partial charge in [0.25, 0.3) is 0 Å². The summed E-state index contributed by atoms with van der Waals surface area (Å²) < 4.78 is -1.74. The Morgan fingerprint density at radius 3 is 2.21 bits per heavy atom. The molecule has 1 nitrogen and oxygen atoms in total. The van der Waals surface area contributed by atoms with Gasteiger partial charge in [-0.05, 0) is 30.2 Å². The Hall–Kier alpha value is 0.340. The molecule has 1 unspecified atom stereocenters. The van der Waals surface area contributed by atoms with Crippen LogP contribution in [0, 0.1) is 6.92 Å². The molecule has 78 valence electrons. The topological polar surface area (TPSA) is 20.2 Å². The summed E-state index contributed by atoms with van der Waals surface area (Å²) in [5.41, 5.74) is 1.40. The van der Waals surface area contributed by atoms with Crippen molar-refractivity contribution in [2.24, 2.45) is 0 Å². The van der Waals surface area contributed by atoms with Crippen LogP contribution < -0.4 is 0 Å². The van der Waals surface area contributed by atoms with E-state index in [9.17, 15) is 5.11 Å². The largest absolute Gasteiger partial charge is 0.384 e. The molecule has 0 aromatic heterocycles. The second kappa shape index (κ2) is 4.46. The quantitative estimate of drug-likeness (QED) is 0.766. The van der Waals surface area contributed by atoms with E-state index in [2.05, 4.69) is 0 Å². The van der Waals surface area contributed by atoms with E-state index in [0.29, 0.717) is 10.6 Å². The fraction of sp³-hybridized carbons (Fsp3) is 0.333. The van der Waals surface area contributed by atoms with Crippen LogP contribution in [-0.4, -0.2) is 8.90 Å². The molecule has 0 radical (unpaired) electrons. The van der Waals surface area contributed by atoms with Crippen molar-refractivity contribution in [2.75, 3.05) is 0 Å². The summed E-state index contributed by atoms with van der Waals surface area (Å²) in [6.45, 7) is 1.85. The normalized spacial score (nSPS) is 14.1. The van der Waals surface area contributed by atoms with Crippen LogP contribution in [0.1, 0.15) is 17.2 Å². The third-order valence-electron chi connectivity index (χ3n) is 1.69. The molecule has 14 heavy (non-hydrogen) atoms. The third kappa shape index (κ3) is 3.18. The standard InChI is InChI=1S/C9H8Cl4O/c1-5-2-6(4-7(10)3-5)8(14)9(11,12)13/h2-4,8,14H,1H3. The fourth-order valence-electron chi connectivity index (χ4n) is 1.11. The molecule has 1 atom stereocenters. The van der Waals surface area contributed by atoms with Gasteiger partial charge in [-0.25, -0.2) is 0 Å². The zero-order valence-electron chi connectivity index (χ0n) is 7.27. The fourth-order valence-corrected chi connectivity index (χ4v) is 1.79. The highest BCUT2D eigenvalue weighted by Gasteiger charge is 2.32. The Bertz CT molecular complexity index is 312. The van der Waals surface area contributed by atoms with Gasteiger partial charge in [-0.2, -0.15) is 0 Å². The first-order chi connectivity index (χ1) is 6.30. The molecule has 1 rings (SSSR count). The zero-order chi connectivity index (χ0) is 10.9. The van der Waals surface area contributed by atoms with Crippen LogP contribution in [-0.2, 0) is 0 Å². The van der Waals surface area contributed by atoms with Crippen LogP contribution in [0.15, 0.2) is 18.2 Å². The van der Waals surface area contributed by atoms with Crippen LogP contribution in [0.4, 0.5) is 0 Å². The van der Waals surface area contributed by atoms with Crippen LogP contribution in [0.3, 0.4) is 0 Å². The summed E-state index contributed by atoms with van der Waals surface area (Å²) in [7, 11) is 0. The van der Waals surface area contributed by atoms with Crippen molar-refractivity contribution < 1.29 is 5.11 Å². The van der Waals surface area contributed by atoms with Crippen molar-refractivity contribution in [3.8, 4) is 0 Å². The van der Waals surface area contributed by atoms with Gasteiger partial charge in [0.2, 0.25) is 3.79 Å². The molecule has 0 saturated heterocycles. The molecular weight excluding hydrogens is 266 g/mol. The summed E-state index contributed by atoms with van der Waals surface area (Å²) in [4.78, 5) is 0. The minimum absolute atomic E-state index is 0.495. The van der Waals surface area contributed by atoms with Gasteiger partial charge < -0.3 is 5.11 Å². The maximum Gasteiger partial charge on any atom is 0.220 e. The highest BCUT2D eigenvalue weighted by Crippen LogP contribution is 2.40. The maximum absolute atomic E-state index is 9.65. The summed E-state index contributed by atoms with van der Waals surface area (Å²) in [6, 6.07) is 5.05. The lowest BCUT2D eigenvalue weighted by Crippen LogP contribution is -2.16. The Labute approximate surface area is 103 Å². The molecular formula is C9H8Cl4O. The number of benzene rings is 1. The van der Waals surface area contributed by atoms with Crippen molar-refractivity contribution in [3.05, 3.63) is 34.3 Å². The SMILES string of the molecule is Cc1cc(Cl)cc(C(O)C(Cl)(Cl)Cl)c1. The number of hydrogen-bond donors (Lipinski definition) is 1. The van der Waals surface area contributed by atoms with Crippen molar-refractivity contribution in [3.63, 3.8) is 0 Å². The molecule has 0 aliphatic heterocycles. The van der Waals surface area contributed by atoms with Gasteiger partial charge in [0.1, 0.15) is 6.10 Å². The molecule has 1 aromatic rings. The lowest BCUT2D eigenvalue weighted by Gasteiger charge is -2.19. The van der Waals surface area contributed by atoms with E-state index in [1.54, 1.807) is 18.2 Å². The molecule has 0 aliphatic carbocycles. The molecule has 0 aliphatic rings. The maximum atomic E-state index is 9.65. The van der Waals surface area contributed by atoms with E-state index in [1.165, 1.54) is 0 Å². The number of hydrogen-bond acceptors (Lipinski definition) is 1. The molecule has 1 N–H and O–H groups in total. The number of aryl methyl sites for hydroxylation is 1. The van der Waals surface area contributed by atoms with Gasteiger partial charge in [-0.1, -0.05) is 52.5 Å². The summed E-state index contributed by atoms with van der Waals surface area (Å²) in [5.74, 6) is 0. The summed E-state index contributed by atoms with van der Waals surface area (Å²) in [6.07, 6.45) is -1.18. The summed E-state index contributed by atoms with van der Waals surface area (Å²) in [5, 5.41) is 10.2. The molecule has 0 spiro atoms. The van der Waals surface area contributed by atoms with E-state index in [-0.39, 0.29) is 0 Å². The van der Waals surface area contributed by atoms with Crippen molar-refractivity contribution >= 4 is 46.4 Å². The van der Waals surface area contributed by atoms with Crippen molar-refractivity contribution in [1.82, 2.24) is 0 Å². The number of aliphatic hydroxyl groups is 1. The smallest absolute Gasteiger partial charge is 0.220 e. The monoisotopic (exact) mass is 272 g/mol. The van der Waals surface area contributed by atoms with Gasteiger partial charge in [0.05, 0.1) is 0 Å². The van der Waals surface area contributed by atoms with E-state index >= 15 is 0 Å². The van der Waals surface area contributed by atoms with E-state index in [1.807, 2.05) is 6.92 Å². The third-order valence-corrected chi connectivity index (χ3v) is 2.53. The number of halogens is 4. The first-order valence-corrected chi connectivity index (χ1v) is 5.34. The van der Waals surface area contributed by atoms with Crippen molar-refractivity contribution in [1.29, 1.82) is 0 Å². The van der Waals surface area contributed by atoms with Crippen LogP contribution >= 0.6 is 46.4 Å². The Morgan fingerprint density at radius 1 is 1.21 bits per heavy atom. The molecule has 0 amide bonds. The van der Waals surface area contributed by atoms with E-state index in [4.69, 9.17) is 46.4 Å². The minimum Gasteiger partial charge on any atom is -0.384 e. The predicted molar refractivity (Wildman–Crippen MR) is 61.4 cm³/mol. The highest BCUT2D eigenvalue weighted by atomic mass is 35.6. The molecule has 5 heteroatoms. The lowest BCUT2D eigenvalue weighted by molar-refractivity contribution is 0.182. The van der Waals surface area contributed by atoms with Gasteiger partial charge in [0, 0.05) is 5.02 Å². The first kappa shape index (κ1) is 12.4. The van der Waals surface area contributed by atoms with Gasteiger partial charge in [0.15, 0.2) is 0 Å². The molecule has 0 heterocycles. The van der Waals surface area contributed by atoms with Gasteiger partial charge in [-0.3, -0.25) is 0 Å². The number of aliphatic hydroxyl groups excluding tert-OH is 1. The molecule has 1 aromatic carbocycles. The Balaban J connectivity index is 3.07. The minimum atomic E-state index is -1.74. The lowest BCUT2D eigenvalue weighted by atomic mass is 10.1. The predicted octanol–water partition coefficient (Wildman–Crippen LogP) is 4.05. The average Bonchev–Trinajstić information content (AvgIpc) is 1.99. The average molecular weight is 274 g/mol. The van der Waals surface area contributed by atoms with Crippen molar-refractivity contribution in [2.45, 2.75) is 16.8 Å². The van der Waals surface area contributed by atoms with Gasteiger partial charge >= 0.3 is 0 Å². The number of alkyl halides is 3. The molecule has 0 fully saturated rings. The second-order valence-corrected chi connectivity index (χ2v) is 5.81. The van der Waals surface area contributed by atoms with Crippen LogP contribution in [0.2, 0.25) is 5.02 Å². The first-order valence-electron chi connectivity index (χ1n) is 3.82. The molecule has 0 bridgehead atoms. The Morgan fingerprint density at radius 2 is 1.79 bits per heavy atom. The number of rotatable bonds is 1. The molecule has 0 saturated carbocycles. The highest BCUT2D eigenvalue weighted by molar-refractivity contribution is 6.68. The Kier molecular flexibility index (Phi) is 3.95.